The van der Waals surface area contributed by atoms with Crippen molar-refractivity contribution in [3.05, 3.63) is 29.8 Å². The van der Waals surface area contributed by atoms with Gasteiger partial charge in [0, 0.05) is 12.2 Å². The molecule has 5 heteroatoms. The van der Waals surface area contributed by atoms with Crippen molar-refractivity contribution in [2.24, 2.45) is 0 Å². The average Bonchev–Trinajstić information content (AvgIpc) is 2.28. The molecule has 1 aromatic carbocycles. The molecule has 0 atom stereocenters. The highest BCUT2D eigenvalue weighted by Crippen LogP contribution is 2.04. The number of rotatable bonds is 3. The molecule has 0 aliphatic carbocycles. The molecule has 0 radical (unpaired) electrons. The zero-order valence-corrected chi connectivity index (χ0v) is 9.03. The van der Waals surface area contributed by atoms with Gasteiger partial charge >= 0.3 is 11.9 Å². The van der Waals surface area contributed by atoms with Gasteiger partial charge in [0.05, 0.1) is 6.61 Å². The number of carbonyl (C=O) groups excluding carboxylic acids is 2. The summed E-state index contributed by atoms with van der Waals surface area (Å²) in [6.07, 6.45) is 0. The number of nitrogens with one attached hydrogen (secondary N) is 1. The Balaban J connectivity index is 2.42. The van der Waals surface area contributed by atoms with Gasteiger partial charge in [0.25, 0.3) is 0 Å². The largest absolute Gasteiger partial charge is 0.459 e. The molecule has 0 aliphatic heterocycles. The fourth-order valence-electron chi connectivity index (χ4n) is 1.09. The van der Waals surface area contributed by atoms with Gasteiger partial charge in [-0.05, 0) is 24.6 Å². The second-order valence-electron chi connectivity index (χ2n) is 3.14. The molecule has 0 saturated carbocycles. The molecular formula is C11H14N2O3. The van der Waals surface area contributed by atoms with Crippen molar-refractivity contribution in [2.45, 2.75) is 13.5 Å². The summed E-state index contributed by atoms with van der Waals surface area (Å²) in [5.74, 6) is -1.60. The topological polar surface area (TPSA) is 81.4 Å². The number of anilines is 1. The lowest BCUT2D eigenvalue weighted by Gasteiger charge is -2.04. The average molecular weight is 222 g/mol. The van der Waals surface area contributed by atoms with E-state index in [4.69, 9.17) is 5.73 Å². The molecule has 0 aliphatic rings. The predicted octanol–water partition coefficient (Wildman–Crippen LogP) is 0.448. The molecule has 16 heavy (non-hydrogen) atoms. The van der Waals surface area contributed by atoms with Gasteiger partial charge in [0.15, 0.2) is 0 Å². The fraction of sp³-hybridized carbons (Fsp3) is 0.273. The third-order valence-electron chi connectivity index (χ3n) is 1.89. The monoisotopic (exact) mass is 222 g/mol. The van der Waals surface area contributed by atoms with Crippen LogP contribution in [0, 0.1) is 0 Å². The molecule has 3 N–H and O–H groups in total. The van der Waals surface area contributed by atoms with Crippen LogP contribution in [-0.4, -0.2) is 18.5 Å². The number of hydrogen-bond acceptors (Lipinski definition) is 4. The lowest BCUT2D eigenvalue weighted by Crippen LogP contribution is -2.32. The first-order chi connectivity index (χ1) is 7.63. The van der Waals surface area contributed by atoms with Crippen molar-refractivity contribution in [2.75, 3.05) is 12.3 Å². The maximum absolute atomic E-state index is 11.2. The highest BCUT2D eigenvalue weighted by atomic mass is 16.5. The Morgan fingerprint density at radius 3 is 2.50 bits per heavy atom. The second-order valence-corrected chi connectivity index (χ2v) is 3.14. The molecule has 0 fully saturated rings. The zero-order chi connectivity index (χ0) is 12.0. The Morgan fingerprint density at radius 2 is 1.94 bits per heavy atom. The summed E-state index contributed by atoms with van der Waals surface area (Å²) in [6.45, 7) is 2.11. The van der Waals surface area contributed by atoms with Crippen molar-refractivity contribution >= 4 is 17.6 Å². The van der Waals surface area contributed by atoms with Crippen molar-refractivity contribution in [3.8, 4) is 0 Å². The first kappa shape index (κ1) is 12.0. The van der Waals surface area contributed by atoms with Crippen LogP contribution in [0.25, 0.3) is 0 Å². The lowest BCUT2D eigenvalue weighted by atomic mass is 10.2. The molecule has 86 valence electrons. The van der Waals surface area contributed by atoms with E-state index in [0.29, 0.717) is 5.69 Å². The van der Waals surface area contributed by atoms with Gasteiger partial charge in [-0.1, -0.05) is 12.1 Å². The molecule has 0 bridgehead atoms. The third-order valence-corrected chi connectivity index (χ3v) is 1.89. The van der Waals surface area contributed by atoms with E-state index in [-0.39, 0.29) is 13.2 Å². The van der Waals surface area contributed by atoms with E-state index in [0.717, 1.165) is 5.56 Å². The number of nitrogens with two attached hydrogens (primary N) is 1. The van der Waals surface area contributed by atoms with Crippen LogP contribution < -0.4 is 11.1 Å². The van der Waals surface area contributed by atoms with Gasteiger partial charge in [0.2, 0.25) is 0 Å². The van der Waals surface area contributed by atoms with Crippen LogP contribution in [0.4, 0.5) is 5.69 Å². The molecule has 0 unspecified atom stereocenters. The standard InChI is InChI=1S/C11H14N2O3/c1-2-16-11(15)10(14)13-7-8-3-5-9(12)6-4-8/h3-6H,2,7,12H2,1H3,(H,13,14). The summed E-state index contributed by atoms with van der Waals surface area (Å²) in [5, 5.41) is 2.45. The maximum atomic E-state index is 11.2. The second kappa shape index (κ2) is 5.75. The minimum absolute atomic E-state index is 0.189. The summed E-state index contributed by atoms with van der Waals surface area (Å²) < 4.78 is 4.54. The van der Waals surface area contributed by atoms with Crippen LogP contribution in [0.3, 0.4) is 0 Å². The van der Waals surface area contributed by atoms with Gasteiger partial charge in [-0.3, -0.25) is 4.79 Å². The van der Waals surface area contributed by atoms with E-state index in [9.17, 15) is 9.59 Å². The van der Waals surface area contributed by atoms with Crippen molar-refractivity contribution in [1.82, 2.24) is 5.32 Å². The smallest absolute Gasteiger partial charge is 0.396 e. The number of amides is 1. The van der Waals surface area contributed by atoms with Crippen LogP contribution in [0.5, 0.6) is 0 Å². The van der Waals surface area contributed by atoms with Crippen LogP contribution in [0.2, 0.25) is 0 Å². The molecule has 0 aromatic heterocycles. The van der Waals surface area contributed by atoms with E-state index in [1.54, 1.807) is 31.2 Å². The zero-order valence-electron chi connectivity index (χ0n) is 9.03. The summed E-state index contributed by atoms with van der Waals surface area (Å²) in [7, 11) is 0. The SMILES string of the molecule is CCOC(=O)C(=O)NCc1ccc(N)cc1. The number of nitrogen functional groups attached to an aromatic ring is 1. The molecule has 0 saturated heterocycles. The van der Waals surface area contributed by atoms with E-state index < -0.39 is 11.9 Å². The Labute approximate surface area is 93.6 Å². The molecular weight excluding hydrogens is 208 g/mol. The Morgan fingerprint density at radius 1 is 1.31 bits per heavy atom. The van der Waals surface area contributed by atoms with E-state index in [1.807, 2.05) is 0 Å². The highest BCUT2D eigenvalue weighted by Gasteiger charge is 2.13. The van der Waals surface area contributed by atoms with Crippen molar-refractivity contribution in [1.29, 1.82) is 0 Å². The summed E-state index contributed by atoms with van der Waals surface area (Å²) >= 11 is 0. The number of ether oxygens (including phenoxy) is 1. The van der Waals surface area contributed by atoms with Crippen molar-refractivity contribution < 1.29 is 14.3 Å². The maximum Gasteiger partial charge on any atom is 0.396 e. The van der Waals surface area contributed by atoms with E-state index >= 15 is 0 Å². The minimum Gasteiger partial charge on any atom is -0.459 e. The van der Waals surface area contributed by atoms with Gasteiger partial charge in [0.1, 0.15) is 0 Å². The first-order valence-electron chi connectivity index (χ1n) is 4.93. The third kappa shape index (κ3) is 3.61. The summed E-state index contributed by atoms with van der Waals surface area (Å²) in [5.41, 5.74) is 7.03. The highest BCUT2D eigenvalue weighted by molar-refractivity contribution is 6.32. The Bertz CT molecular complexity index is 373. The Hall–Kier alpha value is -2.04. The Kier molecular flexibility index (Phi) is 4.32. The van der Waals surface area contributed by atoms with Gasteiger partial charge < -0.3 is 15.8 Å². The van der Waals surface area contributed by atoms with Crippen LogP contribution in [0.1, 0.15) is 12.5 Å². The van der Waals surface area contributed by atoms with Crippen LogP contribution in [0.15, 0.2) is 24.3 Å². The molecule has 1 amide bonds. The molecule has 5 nitrogen and oxygen atoms in total. The molecule has 1 rings (SSSR count). The van der Waals surface area contributed by atoms with E-state index in [2.05, 4.69) is 10.1 Å². The first-order valence-corrected chi connectivity index (χ1v) is 4.93. The van der Waals surface area contributed by atoms with Gasteiger partial charge in [-0.25, -0.2) is 4.79 Å². The summed E-state index contributed by atoms with van der Waals surface area (Å²) in [6, 6.07) is 7.01. The number of carbonyl (C=O) groups is 2. The minimum atomic E-state index is -0.863. The van der Waals surface area contributed by atoms with Crippen LogP contribution >= 0.6 is 0 Å². The van der Waals surface area contributed by atoms with Crippen LogP contribution in [-0.2, 0) is 20.9 Å². The normalized spacial score (nSPS) is 9.56. The molecule has 0 heterocycles. The lowest BCUT2D eigenvalue weighted by molar-refractivity contribution is -0.154. The quantitative estimate of drug-likeness (QED) is 0.442. The number of benzene rings is 1. The van der Waals surface area contributed by atoms with Crippen molar-refractivity contribution in [3.63, 3.8) is 0 Å². The number of hydrogen-bond donors (Lipinski definition) is 2. The van der Waals surface area contributed by atoms with Gasteiger partial charge in [-0.2, -0.15) is 0 Å². The van der Waals surface area contributed by atoms with Gasteiger partial charge in [-0.15, -0.1) is 0 Å². The molecule has 0 spiro atoms. The number of esters is 1. The van der Waals surface area contributed by atoms with E-state index in [1.165, 1.54) is 0 Å². The predicted molar refractivity (Wildman–Crippen MR) is 59.3 cm³/mol. The summed E-state index contributed by atoms with van der Waals surface area (Å²) in [4.78, 5) is 22.1. The molecule has 1 aromatic rings. The fourth-order valence-corrected chi connectivity index (χ4v) is 1.09.